The Balaban J connectivity index is 2.24. The maximum Gasteiger partial charge on any atom is 0.261 e. The third kappa shape index (κ3) is 6.84. The molecule has 0 saturated heterocycles. The molecule has 0 aromatic heterocycles. The van der Waals surface area contributed by atoms with Gasteiger partial charge in [-0.3, -0.25) is 9.59 Å². The standard InChI is InChI=1S/C27H38N2O3/c1-8-20(3)28-26(31)21(4)29(17-22-14-10-9-13-19(22)2)25(30)18-32-24-16-12-11-15-23(24)27(5,6)7/h9-16,20-21H,8,17-18H2,1-7H3,(H,28,31)/t20-,21-/m1/s1. The number of carbonyl (C=O) groups is 2. The predicted octanol–water partition coefficient (Wildman–Crippen LogP) is 5.00. The number of hydrogen-bond donors (Lipinski definition) is 1. The van der Waals surface area contributed by atoms with E-state index in [0.29, 0.717) is 12.3 Å². The van der Waals surface area contributed by atoms with Crippen LogP contribution in [-0.4, -0.2) is 35.4 Å². The predicted molar refractivity (Wildman–Crippen MR) is 130 cm³/mol. The molecule has 2 aromatic rings. The molecule has 1 N–H and O–H groups in total. The molecule has 0 fully saturated rings. The topological polar surface area (TPSA) is 58.6 Å². The highest BCUT2D eigenvalue weighted by Gasteiger charge is 2.28. The molecule has 32 heavy (non-hydrogen) atoms. The van der Waals surface area contributed by atoms with Crippen LogP contribution in [0.2, 0.25) is 0 Å². The molecular formula is C27H38N2O3. The van der Waals surface area contributed by atoms with Crippen molar-refractivity contribution in [2.75, 3.05) is 6.61 Å². The van der Waals surface area contributed by atoms with Gasteiger partial charge in [-0.1, -0.05) is 70.2 Å². The first-order chi connectivity index (χ1) is 15.0. The highest BCUT2D eigenvalue weighted by molar-refractivity contribution is 5.88. The van der Waals surface area contributed by atoms with Gasteiger partial charge in [-0.05, 0) is 55.4 Å². The fourth-order valence-corrected chi connectivity index (χ4v) is 3.45. The molecular weight excluding hydrogens is 400 g/mol. The van der Waals surface area contributed by atoms with Crippen LogP contribution in [0.4, 0.5) is 0 Å². The summed E-state index contributed by atoms with van der Waals surface area (Å²) in [6.07, 6.45) is 0.830. The van der Waals surface area contributed by atoms with Gasteiger partial charge in [0.15, 0.2) is 6.61 Å². The number of nitrogens with zero attached hydrogens (tertiary/aromatic N) is 1. The first-order valence-electron chi connectivity index (χ1n) is 11.4. The van der Waals surface area contributed by atoms with Gasteiger partial charge in [0.1, 0.15) is 11.8 Å². The van der Waals surface area contributed by atoms with Gasteiger partial charge < -0.3 is 15.0 Å². The third-order valence-electron chi connectivity index (χ3n) is 5.82. The Kier molecular flexibility index (Phi) is 8.88. The summed E-state index contributed by atoms with van der Waals surface area (Å²) in [5, 5.41) is 2.99. The number of aryl methyl sites for hydroxylation is 1. The smallest absolute Gasteiger partial charge is 0.261 e. The van der Waals surface area contributed by atoms with Crippen LogP contribution in [0, 0.1) is 6.92 Å². The molecule has 0 aliphatic rings. The Labute approximate surface area is 193 Å². The Morgan fingerprint density at radius 1 is 1.03 bits per heavy atom. The largest absolute Gasteiger partial charge is 0.483 e. The van der Waals surface area contributed by atoms with Crippen molar-refractivity contribution in [1.82, 2.24) is 10.2 Å². The van der Waals surface area contributed by atoms with E-state index in [1.54, 1.807) is 11.8 Å². The third-order valence-corrected chi connectivity index (χ3v) is 5.82. The van der Waals surface area contributed by atoms with E-state index in [4.69, 9.17) is 4.74 Å². The van der Waals surface area contributed by atoms with Gasteiger partial charge in [0.05, 0.1) is 0 Å². The summed E-state index contributed by atoms with van der Waals surface area (Å²) < 4.78 is 5.98. The SMILES string of the molecule is CC[C@@H](C)NC(=O)[C@@H](C)N(Cc1ccccc1C)C(=O)COc1ccccc1C(C)(C)C. The zero-order valence-electron chi connectivity index (χ0n) is 20.6. The van der Waals surface area contributed by atoms with Crippen molar-refractivity contribution in [2.24, 2.45) is 0 Å². The molecule has 5 heteroatoms. The molecule has 2 atom stereocenters. The molecule has 0 aliphatic carbocycles. The fraction of sp³-hybridized carbons (Fsp3) is 0.481. The fourth-order valence-electron chi connectivity index (χ4n) is 3.45. The van der Waals surface area contributed by atoms with E-state index >= 15 is 0 Å². The summed E-state index contributed by atoms with van der Waals surface area (Å²) in [6.45, 7) is 14.3. The van der Waals surface area contributed by atoms with Crippen LogP contribution in [0.15, 0.2) is 48.5 Å². The number of ether oxygens (including phenoxy) is 1. The number of para-hydroxylation sites is 1. The van der Waals surface area contributed by atoms with Crippen LogP contribution < -0.4 is 10.1 Å². The van der Waals surface area contributed by atoms with Crippen molar-refractivity contribution >= 4 is 11.8 Å². The molecule has 0 unspecified atom stereocenters. The maximum absolute atomic E-state index is 13.3. The number of amides is 2. The van der Waals surface area contributed by atoms with Crippen molar-refractivity contribution in [3.8, 4) is 5.75 Å². The minimum absolute atomic E-state index is 0.0512. The molecule has 2 rings (SSSR count). The first kappa shape index (κ1) is 25.4. The van der Waals surface area contributed by atoms with E-state index in [1.807, 2.05) is 69.3 Å². The second-order valence-corrected chi connectivity index (χ2v) is 9.48. The average Bonchev–Trinajstić information content (AvgIpc) is 2.75. The average molecular weight is 439 g/mol. The number of hydrogen-bond acceptors (Lipinski definition) is 3. The Morgan fingerprint density at radius 3 is 2.28 bits per heavy atom. The summed E-state index contributed by atoms with van der Waals surface area (Å²) in [6, 6.07) is 15.1. The van der Waals surface area contributed by atoms with Crippen molar-refractivity contribution in [2.45, 2.75) is 78.9 Å². The van der Waals surface area contributed by atoms with Crippen molar-refractivity contribution in [3.05, 3.63) is 65.2 Å². The minimum Gasteiger partial charge on any atom is -0.483 e. The van der Waals surface area contributed by atoms with Crippen LogP contribution in [0.5, 0.6) is 5.75 Å². The van der Waals surface area contributed by atoms with Gasteiger partial charge >= 0.3 is 0 Å². The molecule has 0 radical (unpaired) electrons. The van der Waals surface area contributed by atoms with Gasteiger partial charge in [-0.25, -0.2) is 0 Å². The van der Waals surface area contributed by atoms with Crippen molar-refractivity contribution < 1.29 is 14.3 Å². The number of benzene rings is 2. The molecule has 2 amide bonds. The van der Waals surface area contributed by atoms with E-state index in [0.717, 1.165) is 23.1 Å². The second-order valence-electron chi connectivity index (χ2n) is 9.48. The molecule has 0 spiro atoms. The van der Waals surface area contributed by atoms with Crippen molar-refractivity contribution in [3.63, 3.8) is 0 Å². The first-order valence-corrected chi connectivity index (χ1v) is 11.4. The normalized spacial score (nSPS) is 13.2. The van der Waals surface area contributed by atoms with Crippen LogP contribution in [-0.2, 0) is 21.5 Å². The van der Waals surface area contributed by atoms with Gasteiger partial charge in [0.25, 0.3) is 5.91 Å². The van der Waals surface area contributed by atoms with Gasteiger partial charge in [-0.2, -0.15) is 0 Å². The molecule has 5 nitrogen and oxygen atoms in total. The summed E-state index contributed by atoms with van der Waals surface area (Å²) in [4.78, 5) is 27.8. The maximum atomic E-state index is 13.3. The van der Waals surface area contributed by atoms with E-state index in [9.17, 15) is 9.59 Å². The summed E-state index contributed by atoms with van der Waals surface area (Å²) in [5.74, 6) is 0.320. The summed E-state index contributed by atoms with van der Waals surface area (Å²) in [5.41, 5.74) is 3.03. The number of nitrogens with one attached hydrogen (secondary N) is 1. The quantitative estimate of drug-likeness (QED) is 0.599. The molecule has 2 aromatic carbocycles. The highest BCUT2D eigenvalue weighted by Crippen LogP contribution is 2.31. The summed E-state index contributed by atoms with van der Waals surface area (Å²) in [7, 11) is 0. The second kappa shape index (κ2) is 11.2. The van der Waals surface area contributed by atoms with E-state index < -0.39 is 6.04 Å². The van der Waals surface area contributed by atoms with E-state index in [-0.39, 0.29) is 29.9 Å². The lowest BCUT2D eigenvalue weighted by molar-refractivity contribution is -0.142. The number of carbonyl (C=O) groups excluding carboxylic acids is 2. The number of rotatable bonds is 9. The van der Waals surface area contributed by atoms with Crippen molar-refractivity contribution in [1.29, 1.82) is 0 Å². The highest BCUT2D eigenvalue weighted by atomic mass is 16.5. The van der Waals surface area contributed by atoms with Crippen LogP contribution in [0.3, 0.4) is 0 Å². The zero-order valence-corrected chi connectivity index (χ0v) is 20.6. The lowest BCUT2D eigenvalue weighted by atomic mass is 9.86. The Hall–Kier alpha value is -2.82. The van der Waals surface area contributed by atoms with Crippen LogP contribution in [0.25, 0.3) is 0 Å². The minimum atomic E-state index is -0.613. The zero-order chi connectivity index (χ0) is 23.9. The van der Waals surface area contributed by atoms with E-state index in [2.05, 4.69) is 26.1 Å². The lowest BCUT2D eigenvalue weighted by Crippen LogP contribution is -2.50. The molecule has 174 valence electrons. The Bertz CT molecular complexity index is 917. The van der Waals surface area contributed by atoms with Crippen LogP contribution >= 0.6 is 0 Å². The molecule has 0 bridgehead atoms. The van der Waals surface area contributed by atoms with Crippen LogP contribution in [0.1, 0.15) is 64.7 Å². The molecule has 0 heterocycles. The van der Waals surface area contributed by atoms with Gasteiger partial charge in [-0.15, -0.1) is 0 Å². The lowest BCUT2D eigenvalue weighted by Gasteiger charge is -2.30. The Morgan fingerprint density at radius 2 is 1.66 bits per heavy atom. The van der Waals surface area contributed by atoms with Gasteiger partial charge in [0, 0.05) is 12.6 Å². The monoisotopic (exact) mass is 438 g/mol. The molecule has 0 saturated carbocycles. The summed E-state index contributed by atoms with van der Waals surface area (Å²) >= 11 is 0. The van der Waals surface area contributed by atoms with Gasteiger partial charge in [0.2, 0.25) is 5.91 Å². The van der Waals surface area contributed by atoms with E-state index in [1.165, 1.54) is 0 Å². The molecule has 0 aliphatic heterocycles.